The first-order valence-electron chi connectivity index (χ1n) is 14.0. The number of para-hydroxylation sites is 1. The Balaban J connectivity index is 1.52. The van der Waals surface area contributed by atoms with Crippen molar-refractivity contribution in [3.05, 3.63) is 128 Å². The van der Waals surface area contributed by atoms with Crippen molar-refractivity contribution in [2.75, 3.05) is 5.43 Å². The fraction of sp³-hybridized carbons (Fsp3) is 0.250. The third-order valence-corrected chi connectivity index (χ3v) is 9.18. The van der Waals surface area contributed by atoms with Gasteiger partial charge >= 0.3 is 11.4 Å². The van der Waals surface area contributed by atoms with Crippen LogP contribution >= 0.6 is 0 Å². The van der Waals surface area contributed by atoms with Crippen LogP contribution in [0.5, 0.6) is 5.75 Å². The maximum atomic E-state index is 15.0. The maximum absolute atomic E-state index is 15.0. The molecule has 1 aliphatic carbocycles. The van der Waals surface area contributed by atoms with E-state index in [0.717, 1.165) is 21.2 Å². The highest BCUT2D eigenvalue weighted by Crippen LogP contribution is 2.62. The SMILES string of the molecule is Cc1ccc(NN2C(=O)[C@@H]3C[C@@H]4C(=CCn5c(=O)n(C)c(=O)n54)[C@H](c4cccc(F)c4O)[C@]3(c3ccccc3)C2=O)cc1. The molecule has 2 amide bonds. The molecule has 0 spiro atoms. The van der Waals surface area contributed by atoms with E-state index in [2.05, 4.69) is 5.43 Å². The molecule has 4 aromatic rings. The van der Waals surface area contributed by atoms with Gasteiger partial charge in [-0.1, -0.05) is 66.2 Å². The van der Waals surface area contributed by atoms with Gasteiger partial charge in [-0.05, 0) is 42.7 Å². The lowest BCUT2D eigenvalue weighted by Crippen LogP contribution is -2.53. The highest BCUT2D eigenvalue weighted by molar-refractivity contribution is 6.12. The van der Waals surface area contributed by atoms with Gasteiger partial charge in [0.25, 0.3) is 11.8 Å². The number of aromatic hydroxyl groups is 1. The van der Waals surface area contributed by atoms with E-state index < -0.39 is 58.1 Å². The molecule has 7 rings (SSSR count). The number of nitrogens with one attached hydrogen (secondary N) is 1. The summed E-state index contributed by atoms with van der Waals surface area (Å²) in [5.41, 5.74) is 3.00. The van der Waals surface area contributed by atoms with E-state index in [1.54, 1.807) is 48.5 Å². The van der Waals surface area contributed by atoms with Crippen LogP contribution in [0.4, 0.5) is 10.1 Å². The number of hydrazine groups is 1. The number of aryl methyl sites for hydroxylation is 1. The van der Waals surface area contributed by atoms with Gasteiger partial charge < -0.3 is 5.11 Å². The number of allylic oxidation sites excluding steroid dienone is 2. The molecule has 2 N–H and O–H groups in total. The molecule has 4 atom stereocenters. The molecule has 3 aliphatic rings. The Morgan fingerprint density at radius 2 is 1.65 bits per heavy atom. The molecule has 2 aliphatic heterocycles. The number of fused-ring (bicyclic) bond motifs is 4. The topological polar surface area (TPSA) is 119 Å². The summed E-state index contributed by atoms with van der Waals surface area (Å²) in [4.78, 5) is 55.6. The molecule has 0 bridgehead atoms. The summed E-state index contributed by atoms with van der Waals surface area (Å²) >= 11 is 0. The van der Waals surface area contributed by atoms with Crippen LogP contribution in [0, 0.1) is 18.7 Å². The number of imide groups is 1. The lowest BCUT2D eigenvalue weighted by atomic mass is 9.53. The van der Waals surface area contributed by atoms with Crippen molar-refractivity contribution in [2.24, 2.45) is 13.0 Å². The molecule has 3 heterocycles. The lowest BCUT2D eigenvalue weighted by molar-refractivity contribution is -0.138. The van der Waals surface area contributed by atoms with Gasteiger partial charge in [-0.2, -0.15) is 5.01 Å². The van der Waals surface area contributed by atoms with Gasteiger partial charge in [-0.15, -0.1) is 0 Å². The molecular weight excluding hydrogens is 553 g/mol. The van der Waals surface area contributed by atoms with Crippen LogP contribution in [0.2, 0.25) is 0 Å². The number of carbonyl (C=O) groups is 2. The zero-order chi connectivity index (χ0) is 30.2. The minimum atomic E-state index is -1.61. The summed E-state index contributed by atoms with van der Waals surface area (Å²) in [6.45, 7) is 1.95. The van der Waals surface area contributed by atoms with Gasteiger partial charge in [-0.3, -0.25) is 15.0 Å². The Kier molecular flexibility index (Phi) is 5.84. The third-order valence-electron chi connectivity index (χ3n) is 9.18. The number of halogens is 1. The monoisotopic (exact) mass is 581 g/mol. The Morgan fingerprint density at radius 3 is 2.37 bits per heavy atom. The molecule has 1 saturated heterocycles. The van der Waals surface area contributed by atoms with E-state index in [9.17, 15) is 24.3 Å². The lowest BCUT2D eigenvalue weighted by Gasteiger charge is -2.49. The zero-order valence-corrected chi connectivity index (χ0v) is 23.4. The Bertz CT molecular complexity index is 1960. The number of aromatic nitrogens is 3. The number of carbonyl (C=O) groups excluding carboxylic acids is 2. The number of hydrogen-bond donors (Lipinski definition) is 2. The Labute approximate surface area is 244 Å². The van der Waals surface area contributed by atoms with Crippen molar-refractivity contribution in [1.29, 1.82) is 0 Å². The second kappa shape index (κ2) is 9.41. The Hall–Kier alpha value is -5.19. The van der Waals surface area contributed by atoms with Crippen LogP contribution in [0.25, 0.3) is 0 Å². The number of rotatable bonds is 4. The van der Waals surface area contributed by atoms with E-state index in [4.69, 9.17) is 0 Å². The van der Waals surface area contributed by atoms with Crippen LogP contribution in [-0.4, -0.2) is 35.9 Å². The fourth-order valence-electron chi connectivity index (χ4n) is 7.23. The number of benzene rings is 3. The first-order chi connectivity index (χ1) is 20.7. The summed E-state index contributed by atoms with van der Waals surface area (Å²) in [6, 6.07) is 19.3. The molecule has 43 heavy (non-hydrogen) atoms. The van der Waals surface area contributed by atoms with Gasteiger partial charge in [0, 0.05) is 18.5 Å². The van der Waals surface area contributed by atoms with Crippen LogP contribution in [0.1, 0.15) is 35.1 Å². The van der Waals surface area contributed by atoms with E-state index >= 15 is 4.39 Å². The molecular formula is C32H28FN5O5. The third kappa shape index (κ3) is 3.57. The van der Waals surface area contributed by atoms with Crippen molar-refractivity contribution in [1.82, 2.24) is 18.9 Å². The van der Waals surface area contributed by atoms with E-state index in [-0.39, 0.29) is 18.5 Å². The van der Waals surface area contributed by atoms with Gasteiger partial charge in [0.2, 0.25) is 0 Å². The fourth-order valence-corrected chi connectivity index (χ4v) is 7.23. The van der Waals surface area contributed by atoms with E-state index in [1.807, 2.05) is 19.1 Å². The van der Waals surface area contributed by atoms with Crippen molar-refractivity contribution >= 4 is 17.5 Å². The number of phenols is 1. The summed E-state index contributed by atoms with van der Waals surface area (Å²) in [5, 5.41) is 12.1. The Morgan fingerprint density at radius 1 is 0.930 bits per heavy atom. The van der Waals surface area contributed by atoms with E-state index in [1.165, 1.54) is 28.5 Å². The number of nitrogens with zero attached hydrogens (tertiary/aromatic N) is 4. The summed E-state index contributed by atoms with van der Waals surface area (Å²) < 4.78 is 18.6. The average molecular weight is 582 g/mol. The van der Waals surface area contributed by atoms with Crippen molar-refractivity contribution in [2.45, 2.75) is 37.3 Å². The molecule has 1 aromatic heterocycles. The quantitative estimate of drug-likeness (QED) is 0.283. The van der Waals surface area contributed by atoms with Gasteiger partial charge in [-0.25, -0.2) is 27.9 Å². The summed E-state index contributed by atoms with van der Waals surface area (Å²) in [7, 11) is 1.38. The number of hydrogen-bond acceptors (Lipinski definition) is 6. The van der Waals surface area contributed by atoms with Crippen molar-refractivity contribution in [3.63, 3.8) is 0 Å². The molecule has 2 fully saturated rings. The second-order valence-electron chi connectivity index (χ2n) is 11.4. The zero-order valence-electron chi connectivity index (χ0n) is 23.4. The van der Waals surface area contributed by atoms with Gasteiger partial charge in [0.1, 0.15) is 0 Å². The first kappa shape index (κ1) is 26.7. The predicted molar refractivity (Wildman–Crippen MR) is 155 cm³/mol. The molecule has 0 radical (unpaired) electrons. The summed E-state index contributed by atoms with van der Waals surface area (Å²) in [6.07, 6.45) is 1.78. The van der Waals surface area contributed by atoms with Crippen LogP contribution in [-0.2, 0) is 28.6 Å². The molecule has 218 valence electrons. The van der Waals surface area contributed by atoms with Crippen molar-refractivity contribution in [3.8, 4) is 5.75 Å². The normalized spacial score (nSPS) is 24.3. The van der Waals surface area contributed by atoms with E-state index in [0.29, 0.717) is 16.8 Å². The predicted octanol–water partition coefficient (Wildman–Crippen LogP) is 3.12. The largest absolute Gasteiger partial charge is 0.505 e. The summed E-state index contributed by atoms with van der Waals surface area (Å²) in [5.74, 6) is -4.70. The number of anilines is 1. The van der Waals surface area contributed by atoms with Gasteiger partial charge in [0.05, 0.1) is 29.6 Å². The first-order valence-corrected chi connectivity index (χ1v) is 14.0. The molecule has 11 heteroatoms. The molecule has 10 nitrogen and oxygen atoms in total. The number of amides is 2. The molecule has 3 aromatic carbocycles. The molecule has 0 unspecified atom stereocenters. The maximum Gasteiger partial charge on any atom is 0.347 e. The second-order valence-corrected chi connectivity index (χ2v) is 11.4. The minimum absolute atomic E-state index is 0.0211. The van der Waals surface area contributed by atoms with Crippen LogP contribution in [0.3, 0.4) is 0 Å². The highest BCUT2D eigenvalue weighted by Gasteiger charge is 2.69. The number of phenolic OH excluding ortho intramolecular Hbond substituents is 1. The molecule has 1 saturated carbocycles. The van der Waals surface area contributed by atoms with Gasteiger partial charge in [0.15, 0.2) is 11.6 Å². The van der Waals surface area contributed by atoms with Crippen LogP contribution in [0.15, 0.2) is 94.0 Å². The average Bonchev–Trinajstić information content (AvgIpc) is 3.37. The highest BCUT2D eigenvalue weighted by atomic mass is 19.1. The smallest absolute Gasteiger partial charge is 0.347 e. The van der Waals surface area contributed by atoms with Crippen molar-refractivity contribution < 1.29 is 19.1 Å². The minimum Gasteiger partial charge on any atom is -0.505 e. The van der Waals surface area contributed by atoms with Crippen LogP contribution < -0.4 is 16.8 Å². The standard InChI is InChI=1S/C32H28FN5O5/c1-18-11-13-20(14-12-18)34-37-28(40)23-17-25-21(15-16-36-30(42)35(2)31(43)38(25)36)26(22-9-6-10-24(33)27(22)39)32(23,29(37)41)19-7-4-3-5-8-19/h3-15,23,25-26,34,39H,16-17H2,1-2H3/t23-,25+,26+,32+/m0/s1.